The SMILES string of the molecule is CCCc1cc(CCl)cc(OCc2ccccc2Cl)n1. The Morgan fingerprint density at radius 1 is 1.20 bits per heavy atom. The summed E-state index contributed by atoms with van der Waals surface area (Å²) in [6, 6.07) is 11.5. The number of pyridine rings is 1. The Labute approximate surface area is 129 Å². The Kier molecular flexibility index (Phi) is 5.69. The molecular weight excluding hydrogens is 293 g/mol. The number of nitrogens with zero attached hydrogens (tertiary/aromatic N) is 1. The summed E-state index contributed by atoms with van der Waals surface area (Å²) in [4.78, 5) is 4.49. The number of benzene rings is 1. The third-order valence-electron chi connectivity index (χ3n) is 2.91. The number of aryl methyl sites for hydroxylation is 1. The molecule has 2 rings (SSSR count). The number of hydrogen-bond acceptors (Lipinski definition) is 2. The summed E-state index contributed by atoms with van der Waals surface area (Å²) in [6.07, 6.45) is 1.97. The number of rotatable bonds is 6. The zero-order valence-corrected chi connectivity index (χ0v) is 12.9. The molecule has 0 amide bonds. The van der Waals surface area contributed by atoms with Gasteiger partial charge in [0, 0.05) is 28.2 Å². The van der Waals surface area contributed by atoms with Gasteiger partial charge < -0.3 is 4.74 Å². The fraction of sp³-hybridized carbons (Fsp3) is 0.312. The Balaban J connectivity index is 2.12. The van der Waals surface area contributed by atoms with Crippen molar-refractivity contribution in [3.63, 3.8) is 0 Å². The van der Waals surface area contributed by atoms with Gasteiger partial charge in [-0.3, -0.25) is 0 Å². The molecule has 4 heteroatoms. The summed E-state index contributed by atoms with van der Waals surface area (Å²) in [5.41, 5.74) is 2.99. The Morgan fingerprint density at radius 3 is 2.70 bits per heavy atom. The lowest BCUT2D eigenvalue weighted by molar-refractivity contribution is 0.293. The third-order valence-corrected chi connectivity index (χ3v) is 3.59. The molecule has 0 aliphatic rings. The highest BCUT2D eigenvalue weighted by Crippen LogP contribution is 2.20. The molecule has 0 atom stereocenters. The fourth-order valence-corrected chi connectivity index (χ4v) is 2.27. The zero-order chi connectivity index (χ0) is 14.4. The van der Waals surface area contributed by atoms with E-state index in [2.05, 4.69) is 11.9 Å². The highest BCUT2D eigenvalue weighted by Gasteiger charge is 2.05. The van der Waals surface area contributed by atoms with Gasteiger partial charge in [0.25, 0.3) is 0 Å². The lowest BCUT2D eigenvalue weighted by Crippen LogP contribution is -2.01. The summed E-state index contributed by atoms with van der Waals surface area (Å²) in [5, 5.41) is 0.703. The highest BCUT2D eigenvalue weighted by atomic mass is 35.5. The van der Waals surface area contributed by atoms with E-state index in [0.717, 1.165) is 29.7 Å². The molecule has 0 radical (unpaired) electrons. The van der Waals surface area contributed by atoms with E-state index in [1.807, 2.05) is 36.4 Å². The molecule has 0 unspecified atom stereocenters. The lowest BCUT2D eigenvalue weighted by Gasteiger charge is -2.10. The molecule has 106 valence electrons. The van der Waals surface area contributed by atoms with Crippen molar-refractivity contribution >= 4 is 23.2 Å². The van der Waals surface area contributed by atoms with Gasteiger partial charge in [-0.1, -0.05) is 43.1 Å². The molecule has 2 nitrogen and oxygen atoms in total. The minimum atomic E-state index is 0.407. The van der Waals surface area contributed by atoms with Gasteiger partial charge in [-0.05, 0) is 24.1 Å². The predicted molar refractivity (Wildman–Crippen MR) is 83.6 cm³/mol. The molecule has 0 saturated carbocycles. The van der Waals surface area contributed by atoms with E-state index in [0.29, 0.717) is 23.4 Å². The van der Waals surface area contributed by atoms with Crippen LogP contribution in [0.25, 0.3) is 0 Å². The van der Waals surface area contributed by atoms with E-state index in [1.54, 1.807) is 0 Å². The number of ether oxygens (including phenoxy) is 1. The van der Waals surface area contributed by atoms with Crippen molar-refractivity contribution in [1.29, 1.82) is 0 Å². The summed E-state index contributed by atoms with van der Waals surface area (Å²) < 4.78 is 5.75. The molecule has 1 aromatic carbocycles. The van der Waals surface area contributed by atoms with Gasteiger partial charge in [-0.25, -0.2) is 4.98 Å². The Bertz CT molecular complexity index is 572. The van der Waals surface area contributed by atoms with Crippen LogP contribution in [0.4, 0.5) is 0 Å². The molecule has 0 aliphatic heterocycles. The third kappa shape index (κ3) is 4.12. The average Bonchev–Trinajstić information content (AvgIpc) is 2.46. The van der Waals surface area contributed by atoms with E-state index >= 15 is 0 Å². The molecule has 1 heterocycles. The van der Waals surface area contributed by atoms with Gasteiger partial charge in [0.1, 0.15) is 6.61 Å². The zero-order valence-electron chi connectivity index (χ0n) is 11.4. The Hall–Kier alpha value is -1.25. The molecule has 0 saturated heterocycles. The molecule has 0 spiro atoms. The summed E-state index contributed by atoms with van der Waals surface area (Å²) >= 11 is 12.0. The van der Waals surface area contributed by atoms with E-state index in [1.165, 1.54) is 0 Å². The van der Waals surface area contributed by atoms with Gasteiger partial charge in [-0.2, -0.15) is 0 Å². The van der Waals surface area contributed by atoms with Crippen LogP contribution in [0.15, 0.2) is 36.4 Å². The molecule has 0 bridgehead atoms. The van der Waals surface area contributed by atoms with Crippen molar-refractivity contribution in [3.05, 3.63) is 58.2 Å². The van der Waals surface area contributed by atoms with Gasteiger partial charge in [0.15, 0.2) is 0 Å². The molecule has 0 fully saturated rings. The second kappa shape index (κ2) is 7.51. The highest BCUT2D eigenvalue weighted by molar-refractivity contribution is 6.31. The van der Waals surface area contributed by atoms with Crippen LogP contribution in [0.1, 0.15) is 30.2 Å². The van der Waals surface area contributed by atoms with Crippen LogP contribution in [-0.4, -0.2) is 4.98 Å². The van der Waals surface area contributed by atoms with E-state index < -0.39 is 0 Å². The summed E-state index contributed by atoms with van der Waals surface area (Å²) in [5.74, 6) is 1.06. The summed E-state index contributed by atoms with van der Waals surface area (Å²) in [6.45, 7) is 2.53. The minimum Gasteiger partial charge on any atom is -0.473 e. The smallest absolute Gasteiger partial charge is 0.214 e. The lowest BCUT2D eigenvalue weighted by atomic mass is 10.2. The van der Waals surface area contributed by atoms with Crippen molar-refractivity contribution in [2.45, 2.75) is 32.3 Å². The predicted octanol–water partition coefficient (Wildman–Crippen LogP) is 5.01. The van der Waals surface area contributed by atoms with Crippen molar-refractivity contribution in [1.82, 2.24) is 4.98 Å². The number of aromatic nitrogens is 1. The fourth-order valence-electron chi connectivity index (χ4n) is 1.92. The van der Waals surface area contributed by atoms with Gasteiger partial charge in [0.2, 0.25) is 5.88 Å². The van der Waals surface area contributed by atoms with Crippen LogP contribution in [0.2, 0.25) is 5.02 Å². The van der Waals surface area contributed by atoms with Crippen LogP contribution >= 0.6 is 23.2 Å². The summed E-state index contributed by atoms with van der Waals surface area (Å²) in [7, 11) is 0. The molecular formula is C16H17Cl2NO. The second-order valence-electron chi connectivity index (χ2n) is 4.57. The Morgan fingerprint density at radius 2 is 2.00 bits per heavy atom. The standard InChI is InChI=1S/C16H17Cl2NO/c1-2-5-14-8-12(10-17)9-16(19-14)20-11-13-6-3-4-7-15(13)18/h3-4,6-9H,2,5,10-11H2,1H3. The molecule has 0 aliphatic carbocycles. The second-order valence-corrected chi connectivity index (χ2v) is 5.24. The van der Waals surface area contributed by atoms with E-state index in [4.69, 9.17) is 27.9 Å². The molecule has 2 aromatic rings. The topological polar surface area (TPSA) is 22.1 Å². The van der Waals surface area contributed by atoms with E-state index in [-0.39, 0.29) is 0 Å². The quantitative estimate of drug-likeness (QED) is 0.700. The van der Waals surface area contributed by atoms with Crippen molar-refractivity contribution in [2.75, 3.05) is 0 Å². The van der Waals surface area contributed by atoms with Gasteiger partial charge >= 0.3 is 0 Å². The maximum atomic E-state index is 6.11. The first-order valence-corrected chi connectivity index (χ1v) is 7.56. The van der Waals surface area contributed by atoms with Crippen LogP contribution in [-0.2, 0) is 18.9 Å². The first kappa shape index (κ1) is 15.1. The largest absolute Gasteiger partial charge is 0.473 e. The maximum absolute atomic E-state index is 6.11. The van der Waals surface area contributed by atoms with Crippen LogP contribution < -0.4 is 4.74 Å². The van der Waals surface area contributed by atoms with Crippen molar-refractivity contribution in [2.24, 2.45) is 0 Å². The first-order chi connectivity index (χ1) is 9.72. The minimum absolute atomic E-state index is 0.407. The maximum Gasteiger partial charge on any atom is 0.214 e. The van der Waals surface area contributed by atoms with Gasteiger partial charge in [0.05, 0.1) is 0 Å². The normalized spacial score (nSPS) is 10.6. The molecule has 0 N–H and O–H groups in total. The van der Waals surface area contributed by atoms with E-state index in [9.17, 15) is 0 Å². The van der Waals surface area contributed by atoms with Crippen LogP contribution in [0.5, 0.6) is 5.88 Å². The van der Waals surface area contributed by atoms with Crippen LogP contribution in [0, 0.1) is 0 Å². The van der Waals surface area contributed by atoms with Crippen molar-refractivity contribution in [3.8, 4) is 5.88 Å². The molecule has 1 aromatic heterocycles. The average molecular weight is 310 g/mol. The number of hydrogen-bond donors (Lipinski definition) is 0. The monoisotopic (exact) mass is 309 g/mol. The van der Waals surface area contributed by atoms with Crippen LogP contribution in [0.3, 0.4) is 0 Å². The molecule has 20 heavy (non-hydrogen) atoms. The number of halogens is 2. The van der Waals surface area contributed by atoms with Crippen molar-refractivity contribution < 1.29 is 4.74 Å². The first-order valence-electron chi connectivity index (χ1n) is 6.65. The number of alkyl halides is 1. The van der Waals surface area contributed by atoms with Gasteiger partial charge in [-0.15, -0.1) is 11.6 Å².